The van der Waals surface area contributed by atoms with Crippen molar-refractivity contribution in [3.63, 3.8) is 0 Å². The molecule has 28 heavy (non-hydrogen) atoms. The van der Waals surface area contributed by atoms with Crippen LogP contribution < -0.4 is 0 Å². The van der Waals surface area contributed by atoms with Crippen LogP contribution in [0.25, 0.3) is 11.2 Å². The van der Waals surface area contributed by atoms with E-state index in [9.17, 15) is 4.79 Å². The summed E-state index contributed by atoms with van der Waals surface area (Å²) in [6, 6.07) is 11.3. The molecule has 2 aromatic heterocycles. The van der Waals surface area contributed by atoms with E-state index in [0.717, 1.165) is 50.2 Å². The minimum absolute atomic E-state index is 0.0636. The number of aromatic nitrogens is 3. The van der Waals surface area contributed by atoms with E-state index in [1.807, 2.05) is 22.6 Å². The highest BCUT2D eigenvalue weighted by molar-refractivity contribution is 5.96. The van der Waals surface area contributed by atoms with Crippen LogP contribution in [0.1, 0.15) is 27.9 Å². The fraction of sp³-hybridized carbons (Fsp3) is 0.409. The number of imidazole rings is 1. The summed E-state index contributed by atoms with van der Waals surface area (Å²) in [7, 11) is 1.91. The first-order valence-electron chi connectivity index (χ1n) is 10.1. The summed E-state index contributed by atoms with van der Waals surface area (Å²) in [6.07, 6.45) is 6.91. The summed E-state index contributed by atoms with van der Waals surface area (Å²) in [4.78, 5) is 26.2. The van der Waals surface area contributed by atoms with Crippen molar-refractivity contribution >= 4 is 17.1 Å². The van der Waals surface area contributed by atoms with Gasteiger partial charge in [0.25, 0.3) is 5.91 Å². The fourth-order valence-electron chi connectivity index (χ4n) is 4.60. The number of piperazine rings is 1. The number of hydrogen-bond acceptors (Lipinski definition) is 4. The van der Waals surface area contributed by atoms with Crippen molar-refractivity contribution in [2.45, 2.75) is 25.3 Å². The van der Waals surface area contributed by atoms with E-state index in [4.69, 9.17) is 0 Å². The Hall–Kier alpha value is -2.73. The first-order valence-corrected chi connectivity index (χ1v) is 10.1. The number of rotatable bonds is 2. The minimum atomic E-state index is 0.0636. The Kier molecular flexibility index (Phi) is 4.36. The third-order valence-electron chi connectivity index (χ3n) is 6.24. The average Bonchev–Trinajstić information content (AvgIpc) is 3.13. The molecule has 1 amide bonds. The van der Waals surface area contributed by atoms with Crippen molar-refractivity contribution in [1.82, 2.24) is 24.3 Å². The second kappa shape index (κ2) is 7.02. The van der Waals surface area contributed by atoms with Crippen LogP contribution in [-0.2, 0) is 19.9 Å². The Bertz CT molecular complexity index is 1020. The second-order valence-corrected chi connectivity index (χ2v) is 7.92. The van der Waals surface area contributed by atoms with Crippen molar-refractivity contribution in [3.8, 4) is 0 Å². The van der Waals surface area contributed by atoms with Gasteiger partial charge in [0.05, 0.1) is 11.9 Å². The van der Waals surface area contributed by atoms with Gasteiger partial charge in [0.2, 0.25) is 0 Å². The maximum Gasteiger partial charge on any atom is 0.255 e. The second-order valence-electron chi connectivity index (χ2n) is 7.92. The molecular formula is C22H25N5O. The molecule has 0 bridgehead atoms. The molecular weight excluding hydrogens is 350 g/mol. The van der Waals surface area contributed by atoms with Gasteiger partial charge in [-0.3, -0.25) is 9.69 Å². The van der Waals surface area contributed by atoms with Crippen LogP contribution in [0.15, 0.2) is 42.9 Å². The largest absolute Gasteiger partial charge is 0.336 e. The predicted molar refractivity (Wildman–Crippen MR) is 108 cm³/mol. The molecule has 3 aromatic rings. The summed E-state index contributed by atoms with van der Waals surface area (Å²) in [6.45, 7) is 3.43. The lowest BCUT2D eigenvalue weighted by Gasteiger charge is -2.41. The Morgan fingerprint density at radius 2 is 1.86 bits per heavy atom. The average molecular weight is 375 g/mol. The normalized spacial score (nSPS) is 20.3. The molecule has 1 saturated heterocycles. The zero-order chi connectivity index (χ0) is 19.1. The van der Waals surface area contributed by atoms with Crippen molar-refractivity contribution < 1.29 is 4.79 Å². The number of fused-ring (bicyclic) bond motifs is 2. The van der Waals surface area contributed by atoms with Crippen LogP contribution in [0.5, 0.6) is 0 Å². The smallest absolute Gasteiger partial charge is 0.255 e. The highest BCUT2D eigenvalue weighted by Crippen LogP contribution is 2.25. The lowest BCUT2D eigenvalue weighted by Crippen LogP contribution is -2.53. The molecule has 1 aliphatic carbocycles. The van der Waals surface area contributed by atoms with E-state index >= 15 is 0 Å². The SMILES string of the molecule is Cn1cnc2cc(C(=O)N3CCN([C@H]4CCc5ccccc5C4)CC3)cnc21. The summed E-state index contributed by atoms with van der Waals surface area (Å²) < 4.78 is 1.87. The molecule has 0 N–H and O–H groups in total. The molecule has 6 nitrogen and oxygen atoms in total. The van der Waals surface area contributed by atoms with E-state index in [1.54, 1.807) is 12.5 Å². The summed E-state index contributed by atoms with van der Waals surface area (Å²) in [5.41, 5.74) is 5.20. The van der Waals surface area contributed by atoms with Gasteiger partial charge in [0.1, 0.15) is 5.52 Å². The Morgan fingerprint density at radius 3 is 2.68 bits per heavy atom. The van der Waals surface area contributed by atoms with Crippen molar-refractivity contribution in [1.29, 1.82) is 0 Å². The van der Waals surface area contributed by atoms with E-state index in [1.165, 1.54) is 17.5 Å². The minimum Gasteiger partial charge on any atom is -0.336 e. The van der Waals surface area contributed by atoms with Gasteiger partial charge in [0, 0.05) is 45.5 Å². The molecule has 1 aromatic carbocycles. The molecule has 144 valence electrons. The Labute approximate surface area is 164 Å². The monoisotopic (exact) mass is 375 g/mol. The molecule has 0 saturated carbocycles. The number of amides is 1. The van der Waals surface area contributed by atoms with Crippen LogP contribution >= 0.6 is 0 Å². The van der Waals surface area contributed by atoms with Gasteiger partial charge in [-0.25, -0.2) is 9.97 Å². The van der Waals surface area contributed by atoms with E-state index in [2.05, 4.69) is 39.1 Å². The molecule has 0 radical (unpaired) electrons. The maximum atomic E-state index is 12.9. The van der Waals surface area contributed by atoms with Crippen LogP contribution in [0.2, 0.25) is 0 Å². The third kappa shape index (κ3) is 3.07. The van der Waals surface area contributed by atoms with Crippen LogP contribution in [-0.4, -0.2) is 62.5 Å². The Morgan fingerprint density at radius 1 is 1.07 bits per heavy atom. The lowest BCUT2D eigenvalue weighted by atomic mass is 9.87. The number of carbonyl (C=O) groups excluding carboxylic acids is 1. The number of hydrogen-bond donors (Lipinski definition) is 0. The Balaban J connectivity index is 1.23. The zero-order valence-electron chi connectivity index (χ0n) is 16.2. The molecule has 3 heterocycles. The fourth-order valence-corrected chi connectivity index (χ4v) is 4.60. The van der Waals surface area contributed by atoms with E-state index in [0.29, 0.717) is 11.6 Å². The number of carbonyl (C=O) groups is 1. The standard InChI is InChI=1S/C22H25N5O/c1-25-15-24-20-13-18(14-23-21(20)25)22(28)27-10-8-26(9-11-27)19-7-6-16-4-2-3-5-17(16)12-19/h2-5,13-15,19H,6-12H2,1H3/t19-/m0/s1. The summed E-state index contributed by atoms with van der Waals surface area (Å²) in [5.74, 6) is 0.0636. The van der Waals surface area contributed by atoms with Crippen LogP contribution in [0.4, 0.5) is 0 Å². The maximum absolute atomic E-state index is 12.9. The van der Waals surface area contributed by atoms with Gasteiger partial charge >= 0.3 is 0 Å². The van der Waals surface area contributed by atoms with Gasteiger partial charge in [-0.2, -0.15) is 0 Å². The first-order chi connectivity index (χ1) is 13.7. The molecule has 5 rings (SSSR count). The number of aryl methyl sites for hydroxylation is 2. The van der Waals surface area contributed by atoms with Gasteiger partial charge in [-0.15, -0.1) is 0 Å². The van der Waals surface area contributed by atoms with Gasteiger partial charge in [-0.1, -0.05) is 24.3 Å². The number of nitrogens with zero attached hydrogens (tertiary/aromatic N) is 5. The summed E-state index contributed by atoms with van der Waals surface area (Å²) in [5, 5.41) is 0. The first kappa shape index (κ1) is 17.4. The number of pyridine rings is 1. The molecule has 1 fully saturated rings. The van der Waals surface area contributed by atoms with E-state index < -0.39 is 0 Å². The highest BCUT2D eigenvalue weighted by Gasteiger charge is 2.29. The molecule has 1 aliphatic heterocycles. The zero-order valence-corrected chi connectivity index (χ0v) is 16.2. The highest BCUT2D eigenvalue weighted by atomic mass is 16.2. The van der Waals surface area contributed by atoms with Crippen LogP contribution in [0.3, 0.4) is 0 Å². The third-order valence-corrected chi connectivity index (χ3v) is 6.24. The van der Waals surface area contributed by atoms with Gasteiger partial charge < -0.3 is 9.47 Å². The van der Waals surface area contributed by atoms with Crippen LogP contribution in [0, 0.1) is 0 Å². The molecule has 6 heteroatoms. The lowest BCUT2D eigenvalue weighted by molar-refractivity contribution is 0.0553. The van der Waals surface area contributed by atoms with Crippen molar-refractivity contribution in [2.75, 3.05) is 26.2 Å². The predicted octanol–water partition coefficient (Wildman–Crippen LogP) is 2.28. The quantitative estimate of drug-likeness (QED) is 0.690. The molecule has 2 aliphatic rings. The van der Waals surface area contributed by atoms with Crippen molar-refractivity contribution in [2.24, 2.45) is 7.05 Å². The molecule has 1 atom stereocenters. The molecule has 0 unspecified atom stereocenters. The summed E-state index contributed by atoms with van der Waals surface area (Å²) >= 11 is 0. The van der Waals surface area contributed by atoms with Crippen molar-refractivity contribution in [3.05, 3.63) is 59.5 Å². The van der Waals surface area contributed by atoms with Gasteiger partial charge in [0.15, 0.2) is 5.65 Å². The topological polar surface area (TPSA) is 54.3 Å². The number of benzene rings is 1. The van der Waals surface area contributed by atoms with E-state index in [-0.39, 0.29) is 5.91 Å². The molecule has 0 spiro atoms. The van der Waals surface area contributed by atoms with Gasteiger partial charge in [-0.05, 0) is 36.5 Å².